The van der Waals surface area contributed by atoms with Gasteiger partial charge in [0.05, 0.1) is 16.6 Å². The molecule has 0 amide bonds. The van der Waals surface area contributed by atoms with Gasteiger partial charge in [0.2, 0.25) is 0 Å². The van der Waals surface area contributed by atoms with Crippen molar-refractivity contribution in [3.05, 3.63) is 33.8 Å². The van der Waals surface area contributed by atoms with E-state index in [1.165, 1.54) is 0 Å². The van der Waals surface area contributed by atoms with Crippen LogP contribution in [0.1, 0.15) is 23.2 Å². The number of rotatable bonds is 3. The largest absolute Gasteiger partial charge is 0.327 e. The lowest BCUT2D eigenvalue weighted by molar-refractivity contribution is 0.0908. The van der Waals surface area contributed by atoms with Crippen LogP contribution in [-0.2, 0) is 0 Å². The van der Waals surface area contributed by atoms with Crippen molar-refractivity contribution in [2.75, 3.05) is 19.6 Å². The van der Waals surface area contributed by atoms with E-state index in [1.807, 2.05) is 0 Å². The predicted octanol–water partition coefficient (Wildman–Crippen LogP) is 2.60. The second-order valence-electron chi connectivity index (χ2n) is 4.69. The van der Waals surface area contributed by atoms with E-state index in [0.29, 0.717) is 22.2 Å². The van der Waals surface area contributed by atoms with E-state index < -0.39 is 0 Å². The molecule has 18 heavy (non-hydrogen) atoms. The summed E-state index contributed by atoms with van der Waals surface area (Å²) in [6, 6.07) is 5.16. The molecule has 1 fully saturated rings. The Bertz CT molecular complexity index is 451. The number of ketones is 1. The fourth-order valence-electron chi connectivity index (χ4n) is 2.20. The van der Waals surface area contributed by atoms with Crippen molar-refractivity contribution < 1.29 is 4.79 Å². The van der Waals surface area contributed by atoms with Crippen LogP contribution in [0.3, 0.4) is 0 Å². The molecule has 1 aliphatic heterocycles. The van der Waals surface area contributed by atoms with E-state index in [4.69, 9.17) is 28.9 Å². The van der Waals surface area contributed by atoms with Gasteiger partial charge in [-0.1, -0.05) is 23.2 Å². The lowest BCUT2D eigenvalue weighted by Gasteiger charge is -2.29. The molecule has 1 aromatic carbocycles. The van der Waals surface area contributed by atoms with Gasteiger partial charge in [-0.25, -0.2) is 0 Å². The molecule has 0 radical (unpaired) electrons. The van der Waals surface area contributed by atoms with Crippen LogP contribution in [0, 0.1) is 0 Å². The molecule has 5 heteroatoms. The fourth-order valence-corrected chi connectivity index (χ4v) is 2.50. The Hall–Kier alpha value is -0.610. The zero-order valence-electron chi connectivity index (χ0n) is 10.0. The van der Waals surface area contributed by atoms with Gasteiger partial charge in [0.15, 0.2) is 5.78 Å². The molecule has 1 saturated heterocycles. The highest BCUT2D eigenvalue weighted by molar-refractivity contribution is 6.42. The molecule has 98 valence electrons. The number of hydrogen-bond acceptors (Lipinski definition) is 3. The van der Waals surface area contributed by atoms with Gasteiger partial charge in [-0.2, -0.15) is 0 Å². The zero-order valence-corrected chi connectivity index (χ0v) is 11.5. The quantitative estimate of drug-likeness (QED) is 0.869. The summed E-state index contributed by atoms with van der Waals surface area (Å²) in [6.07, 6.45) is 2.09. The van der Waals surface area contributed by atoms with Crippen LogP contribution in [0.5, 0.6) is 0 Å². The number of halogens is 2. The summed E-state index contributed by atoms with van der Waals surface area (Å²) in [6.45, 7) is 2.11. The Kier molecular flexibility index (Phi) is 4.62. The number of nitrogens with two attached hydrogens (primary N) is 1. The van der Waals surface area contributed by atoms with Crippen LogP contribution >= 0.6 is 23.2 Å². The third-order valence-electron chi connectivity index (χ3n) is 3.15. The summed E-state index contributed by atoms with van der Waals surface area (Å²) in [4.78, 5) is 14.2. The third kappa shape index (κ3) is 3.45. The lowest BCUT2D eigenvalue weighted by Crippen LogP contribution is -2.44. The molecular formula is C13H16Cl2N2O. The molecule has 0 spiro atoms. The lowest BCUT2D eigenvalue weighted by atomic mass is 10.1. The highest BCUT2D eigenvalue weighted by Crippen LogP contribution is 2.23. The third-order valence-corrected chi connectivity index (χ3v) is 3.89. The van der Waals surface area contributed by atoms with Crippen molar-refractivity contribution in [3.63, 3.8) is 0 Å². The standard InChI is InChI=1S/C13H16Cl2N2O/c14-11-4-3-9(6-12(11)15)13(18)8-17-5-1-2-10(16)7-17/h3-4,6,10H,1-2,5,7-8,16H2. The fraction of sp³-hybridized carbons (Fsp3) is 0.462. The van der Waals surface area contributed by atoms with Crippen LogP contribution in [0.2, 0.25) is 10.0 Å². The Morgan fingerprint density at radius 2 is 2.17 bits per heavy atom. The summed E-state index contributed by atoms with van der Waals surface area (Å²) in [5.41, 5.74) is 6.49. The normalized spacial score (nSPS) is 20.9. The summed E-state index contributed by atoms with van der Waals surface area (Å²) in [5, 5.41) is 0.881. The first-order valence-electron chi connectivity index (χ1n) is 6.02. The van der Waals surface area contributed by atoms with E-state index in [9.17, 15) is 4.79 Å². The van der Waals surface area contributed by atoms with Gasteiger partial charge in [0, 0.05) is 18.2 Å². The monoisotopic (exact) mass is 286 g/mol. The van der Waals surface area contributed by atoms with Crippen molar-refractivity contribution in [3.8, 4) is 0 Å². The minimum absolute atomic E-state index is 0.0580. The van der Waals surface area contributed by atoms with Crippen molar-refractivity contribution in [1.82, 2.24) is 4.90 Å². The van der Waals surface area contributed by atoms with Crippen LogP contribution < -0.4 is 5.73 Å². The number of piperidine rings is 1. The minimum Gasteiger partial charge on any atom is -0.327 e. The van der Waals surface area contributed by atoms with E-state index in [0.717, 1.165) is 25.9 Å². The summed E-state index contributed by atoms with van der Waals surface area (Å²) < 4.78 is 0. The number of Topliss-reactive ketones (excluding diaryl/α,β-unsaturated/α-hetero) is 1. The molecule has 1 atom stereocenters. The number of likely N-dealkylation sites (tertiary alicyclic amines) is 1. The summed E-state index contributed by atoms with van der Waals surface area (Å²) >= 11 is 11.7. The Morgan fingerprint density at radius 3 is 2.83 bits per heavy atom. The highest BCUT2D eigenvalue weighted by atomic mass is 35.5. The van der Waals surface area contributed by atoms with Gasteiger partial charge in [-0.15, -0.1) is 0 Å². The van der Waals surface area contributed by atoms with Crippen LogP contribution in [-0.4, -0.2) is 36.4 Å². The maximum atomic E-state index is 12.1. The Morgan fingerprint density at radius 1 is 1.39 bits per heavy atom. The molecule has 2 rings (SSSR count). The maximum absolute atomic E-state index is 12.1. The molecule has 3 nitrogen and oxygen atoms in total. The molecule has 1 unspecified atom stereocenters. The van der Waals surface area contributed by atoms with Crippen molar-refractivity contribution >= 4 is 29.0 Å². The topological polar surface area (TPSA) is 46.3 Å². The molecule has 0 aromatic heterocycles. The summed E-state index contributed by atoms with van der Waals surface area (Å²) in [5.74, 6) is 0.0580. The summed E-state index contributed by atoms with van der Waals surface area (Å²) in [7, 11) is 0. The first kappa shape index (κ1) is 13.8. The molecule has 0 bridgehead atoms. The molecule has 1 heterocycles. The zero-order chi connectivity index (χ0) is 13.1. The second kappa shape index (κ2) is 6.02. The van der Waals surface area contributed by atoms with E-state index in [1.54, 1.807) is 18.2 Å². The van der Waals surface area contributed by atoms with Crippen LogP contribution in [0.25, 0.3) is 0 Å². The van der Waals surface area contributed by atoms with Gasteiger partial charge < -0.3 is 5.73 Å². The average molecular weight is 287 g/mol. The molecule has 2 N–H and O–H groups in total. The van der Waals surface area contributed by atoms with Crippen molar-refractivity contribution in [2.45, 2.75) is 18.9 Å². The highest BCUT2D eigenvalue weighted by Gasteiger charge is 2.19. The van der Waals surface area contributed by atoms with E-state index in [-0.39, 0.29) is 11.8 Å². The Labute approximate surface area is 117 Å². The van der Waals surface area contributed by atoms with Crippen molar-refractivity contribution in [2.24, 2.45) is 5.73 Å². The van der Waals surface area contributed by atoms with E-state index >= 15 is 0 Å². The van der Waals surface area contributed by atoms with Crippen LogP contribution in [0.4, 0.5) is 0 Å². The van der Waals surface area contributed by atoms with E-state index in [2.05, 4.69) is 4.90 Å². The minimum atomic E-state index is 0.0580. The molecule has 1 aliphatic rings. The molecule has 0 aliphatic carbocycles. The van der Waals surface area contributed by atoms with Crippen LogP contribution in [0.15, 0.2) is 18.2 Å². The second-order valence-corrected chi connectivity index (χ2v) is 5.50. The smallest absolute Gasteiger partial charge is 0.176 e. The Balaban J connectivity index is 2.00. The predicted molar refractivity (Wildman–Crippen MR) is 74.4 cm³/mol. The van der Waals surface area contributed by atoms with Gasteiger partial charge >= 0.3 is 0 Å². The number of carbonyl (C=O) groups excluding carboxylic acids is 1. The first-order chi connectivity index (χ1) is 8.56. The first-order valence-corrected chi connectivity index (χ1v) is 6.78. The number of nitrogens with zero attached hydrogens (tertiary/aromatic N) is 1. The number of carbonyl (C=O) groups is 1. The molecule has 1 aromatic rings. The molecular weight excluding hydrogens is 271 g/mol. The van der Waals surface area contributed by atoms with Gasteiger partial charge in [-0.3, -0.25) is 9.69 Å². The SMILES string of the molecule is NC1CCCN(CC(=O)c2ccc(Cl)c(Cl)c2)C1. The number of hydrogen-bond donors (Lipinski definition) is 1. The average Bonchev–Trinajstić information content (AvgIpc) is 2.32. The van der Waals surface area contributed by atoms with Gasteiger partial charge in [0.25, 0.3) is 0 Å². The number of benzene rings is 1. The van der Waals surface area contributed by atoms with Crippen molar-refractivity contribution in [1.29, 1.82) is 0 Å². The van der Waals surface area contributed by atoms with Gasteiger partial charge in [0.1, 0.15) is 0 Å². The molecule has 0 saturated carbocycles. The maximum Gasteiger partial charge on any atom is 0.176 e. The van der Waals surface area contributed by atoms with Gasteiger partial charge in [-0.05, 0) is 37.6 Å².